The first-order chi connectivity index (χ1) is 13.3. The predicted octanol–water partition coefficient (Wildman–Crippen LogP) is 3.37. The number of benzene rings is 2. The maximum Gasteiger partial charge on any atom is 0.260 e. The van der Waals surface area contributed by atoms with Gasteiger partial charge in [0.2, 0.25) is 0 Å². The zero-order valence-electron chi connectivity index (χ0n) is 16.5. The molecule has 0 aliphatic heterocycles. The first-order valence-electron chi connectivity index (χ1n) is 9.20. The summed E-state index contributed by atoms with van der Waals surface area (Å²) in [5, 5.41) is 0.388. The van der Waals surface area contributed by atoms with Crippen LogP contribution in [0.5, 0.6) is 0 Å². The molecule has 0 radical (unpaired) electrons. The average Bonchev–Trinajstić information content (AvgIpc) is 3.04. The number of anilines is 1. The van der Waals surface area contributed by atoms with Crippen molar-refractivity contribution in [2.24, 2.45) is 0 Å². The topological polar surface area (TPSA) is 37.6 Å². The Morgan fingerprint density at radius 1 is 1.18 bits per heavy atom. The maximum atomic E-state index is 14.1. The van der Waals surface area contributed by atoms with E-state index in [1.807, 2.05) is 46.1 Å². The van der Waals surface area contributed by atoms with Gasteiger partial charge in [0.25, 0.3) is 5.91 Å². The van der Waals surface area contributed by atoms with Crippen molar-refractivity contribution in [2.75, 3.05) is 32.1 Å². The molecule has 1 aromatic heterocycles. The van der Waals surface area contributed by atoms with Crippen molar-refractivity contribution in [3.8, 4) is 0 Å². The van der Waals surface area contributed by atoms with Gasteiger partial charge >= 0.3 is 0 Å². The van der Waals surface area contributed by atoms with E-state index in [4.69, 9.17) is 0 Å². The molecule has 0 atom stereocenters. The fourth-order valence-corrected chi connectivity index (χ4v) is 4.08. The van der Waals surface area contributed by atoms with Crippen LogP contribution in [0.2, 0.25) is 0 Å². The minimum absolute atomic E-state index is 0.0957. The molecule has 4 nitrogen and oxygen atoms in total. The van der Waals surface area contributed by atoms with Crippen LogP contribution in [0.15, 0.2) is 30.3 Å². The molecule has 1 heterocycles. The average molecular weight is 405 g/mol. The Bertz CT molecular complexity index is 1020. The molecule has 3 aromatic rings. The quantitative estimate of drug-likeness (QED) is 0.684. The van der Waals surface area contributed by atoms with Gasteiger partial charge in [-0.1, -0.05) is 29.0 Å². The molecule has 0 spiro atoms. The number of halogens is 2. The third kappa shape index (κ3) is 4.36. The minimum Gasteiger partial charge on any atom is -0.340 e. The van der Waals surface area contributed by atoms with Crippen molar-refractivity contribution in [1.29, 1.82) is 0 Å². The van der Waals surface area contributed by atoms with Gasteiger partial charge in [0.15, 0.2) is 10.9 Å². The van der Waals surface area contributed by atoms with E-state index in [0.717, 1.165) is 41.5 Å². The van der Waals surface area contributed by atoms with Crippen molar-refractivity contribution in [3.05, 3.63) is 58.7 Å². The molecule has 0 saturated carbocycles. The molecule has 0 fully saturated rings. The summed E-state index contributed by atoms with van der Waals surface area (Å²) in [5.74, 6) is -1.53. The molecule has 2 aromatic carbocycles. The van der Waals surface area contributed by atoms with Crippen LogP contribution in [0.3, 0.4) is 0 Å². The summed E-state index contributed by atoms with van der Waals surface area (Å²) in [6.07, 6.45) is 0.770. The summed E-state index contributed by atoms with van der Waals surface area (Å²) in [6, 6.07) is 7.80. The lowest BCUT2D eigenvalue weighted by Gasteiger charge is -2.21. The lowest BCUT2D eigenvalue weighted by molar-refractivity contribution is -0.858. The zero-order chi connectivity index (χ0) is 20.4. The van der Waals surface area contributed by atoms with Gasteiger partial charge in [-0.15, -0.1) is 0 Å². The number of aromatic nitrogens is 1. The molecule has 1 N–H and O–H groups in total. The number of hydrogen-bond acceptors (Lipinski definition) is 3. The van der Waals surface area contributed by atoms with Crippen LogP contribution in [0.4, 0.5) is 13.9 Å². The molecular weight excluding hydrogens is 380 g/mol. The van der Waals surface area contributed by atoms with Crippen LogP contribution in [0.25, 0.3) is 10.2 Å². The number of quaternary nitrogens is 1. The Labute approximate surface area is 167 Å². The number of aryl methyl sites for hydroxylation is 2. The molecule has 3 rings (SSSR count). The summed E-state index contributed by atoms with van der Waals surface area (Å²) < 4.78 is 28.1. The van der Waals surface area contributed by atoms with Gasteiger partial charge in [-0.3, -0.25) is 9.69 Å². The van der Waals surface area contributed by atoms with Crippen molar-refractivity contribution in [1.82, 2.24) is 4.98 Å². The van der Waals surface area contributed by atoms with E-state index in [1.165, 1.54) is 11.0 Å². The van der Waals surface area contributed by atoms with Gasteiger partial charge < -0.3 is 4.90 Å². The number of carbonyl (C=O) groups is 1. The molecule has 0 bridgehead atoms. The van der Waals surface area contributed by atoms with E-state index < -0.39 is 11.6 Å². The molecule has 0 saturated heterocycles. The van der Waals surface area contributed by atoms with E-state index in [0.29, 0.717) is 21.9 Å². The summed E-state index contributed by atoms with van der Waals surface area (Å²) >= 11 is 1.13. The second-order valence-corrected chi connectivity index (χ2v) is 8.33. The van der Waals surface area contributed by atoms with Gasteiger partial charge in [-0.25, -0.2) is 13.8 Å². The number of rotatable bonds is 6. The van der Waals surface area contributed by atoms with E-state index in [-0.39, 0.29) is 11.4 Å². The van der Waals surface area contributed by atoms with Gasteiger partial charge in [-0.2, -0.15) is 0 Å². The van der Waals surface area contributed by atoms with E-state index in [9.17, 15) is 13.6 Å². The standard InChI is InChI=1S/C21H23F2N3OS/c1-13-6-7-14(2)16(10-13)20(27)26(9-5-8-25(3)4)21-24-19-17(23)11-15(22)12-18(19)28-21/h6-7,10-12H,5,8-9H2,1-4H3/p+1. The van der Waals surface area contributed by atoms with Crippen LogP contribution in [0, 0.1) is 25.5 Å². The molecule has 148 valence electrons. The summed E-state index contributed by atoms with van der Waals surface area (Å²) in [5.41, 5.74) is 2.56. The Morgan fingerprint density at radius 2 is 1.93 bits per heavy atom. The Hall–Kier alpha value is -2.38. The van der Waals surface area contributed by atoms with Crippen LogP contribution >= 0.6 is 11.3 Å². The molecule has 0 aliphatic rings. The second-order valence-electron chi connectivity index (χ2n) is 7.32. The number of fused-ring (bicyclic) bond motifs is 1. The fourth-order valence-electron chi connectivity index (χ4n) is 3.05. The highest BCUT2D eigenvalue weighted by Crippen LogP contribution is 2.32. The van der Waals surface area contributed by atoms with Crippen molar-refractivity contribution < 1.29 is 18.5 Å². The van der Waals surface area contributed by atoms with E-state index >= 15 is 0 Å². The molecule has 0 unspecified atom stereocenters. The first-order valence-corrected chi connectivity index (χ1v) is 10.0. The maximum absolute atomic E-state index is 14.1. The van der Waals surface area contributed by atoms with Crippen LogP contribution in [-0.2, 0) is 0 Å². The lowest BCUT2D eigenvalue weighted by atomic mass is 10.0. The third-order valence-electron chi connectivity index (χ3n) is 4.56. The van der Waals surface area contributed by atoms with Gasteiger partial charge in [0.05, 0.1) is 25.3 Å². The van der Waals surface area contributed by atoms with Crippen LogP contribution in [0.1, 0.15) is 27.9 Å². The Balaban J connectivity index is 2.02. The fraction of sp³-hybridized carbons (Fsp3) is 0.333. The third-order valence-corrected chi connectivity index (χ3v) is 5.59. The number of thiazole rings is 1. The molecular formula is C21H24F2N3OS+. The number of amides is 1. The van der Waals surface area contributed by atoms with Crippen molar-refractivity contribution in [3.63, 3.8) is 0 Å². The number of nitrogens with zero attached hydrogens (tertiary/aromatic N) is 2. The molecule has 28 heavy (non-hydrogen) atoms. The van der Waals surface area contributed by atoms with Gasteiger partial charge in [-0.05, 0) is 31.5 Å². The number of carbonyl (C=O) groups excluding carboxylic acids is 1. The molecule has 7 heteroatoms. The van der Waals surface area contributed by atoms with Gasteiger partial charge in [0.1, 0.15) is 11.3 Å². The van der Waals surface area contributed by atoms with Crippen molar-refractivity contribution >= 4 is 32.6 Å². The lowest BCUT2D eigenvalue weighted by Crippen LogP contribution is -3.05. The predicted molar refractivity (Wildman–Crippen MR) is 109 cm³/mol. The van der Waals surface area contributed by atoms with Crippen LogP contribution in [-0.4, -0.2) is 38.1 Å². The SMILES string of the molecule is Cc1ccc(C)c(C(=O)N(CCC[NH+](C)C)c2nc3c(F)cc(F)cc3s2)c1. The highest BCUT2D eigenvalue weighted by atomic mass is 32.1. The molecule has 1 amide bonds. The Morgan fingerprint density at radius 3 is 2.64 bits per heavy atom. The Kier molecular flexibility index (Phi) is 6.05. The second kappa shape index (κ2) is 8.32. The monoisotopic (exact) mass is 404 g/mol. The smallest absolute Gasteiger partial charge is 0.260 e. The number of hydrogen-bond donors (Lipinski definition) is 1. The highest BCUT2D eigenvalue weighted by Gasteiger charge is 2.24. The first kappa shape index (κ1) is 20.4. The minimum atomic E-state index is -0.714. The van der Waals surface area contributed by atoms with Crippen molar-refractivity contribution in [2.45, 2.75) is 20.3 Å². The summed E-state index contributed by atoms with van der Waals surface area (Å²) in [6.45, 7) is 5.17. The number of nitrogens with one attached hydrogen (secondary N) is 1. The highest BCUT2D eigenvalue weighted by molar-refractivity contribution is 7.22. The summed E-state index contributed by atoms with van der Waals surface area (Å²) in [7, 11) is 4.10. The largest absolute Gasteiger partial charge is 0.340 e. The normalized spacial score (nSPS) is 11.4. The zero-order valence-corrected chi connectivity index (χ0v) is 17.3. The van der Waals surface area contributed by atoms with Gasteiger partial charge in [0, 0.05) is 24.6 Å². The van der Waals surface area contributed by atoms with E-state index in [1.54, 1.807) is 4.90 Å². The molecule has 0 aliphatic carbocycles. The van der Waals surface area contributed by atoms with E-state index in [2.05, 4.69) is 4.98 Å². The summed E-state index contributed by atoms with van der Waals surface area (Å²) in [4.78, 5) is 20.5. The van der Waals surface area contributed by atoms with Crippen LogP contribution < -0.4 is 9.80 Å².